The lowest BCUT2D eigenvalue weighted by Gasteiger charge is -2.70. The molecular weight excluding hydrogens is 827 g/mol. The van der Waals surface area contributed by atoms with E-state index in [4.69, 9.17) is 28.4 Å². The van der Waals surface area contributed by atoms with Crippen LogP contribution in [-0.2, 0) is 33.2 Å². The Hall–Kier alpha value is -2.16. The van der Waals surface area contributed by atoms with Crippen LogP contribution in [0.5, 0.6) is 0 Å². The number of unbranched alkanes of at least 4 members (excludes halogenated alkanes) is 18. The summed E-state index contributed by atoms with van der Waals surface area (Å²) in [5.41, 5.74) is -4.83. The van der Waals surface area contributed by atoms with Gasteiger partial charge in [-0.05, 0) is 37.9 Å². The molecule has 7 bridgehead atoms. The van der Waals surface area contributed by atoms with Crippen LogP contribution in [0, 0.1) is 34.5 Å². The molecule has 12 nitrogen and oxygen atoms in total. The summed E-state index contributed by atoms with van der Waals surface area (Å²) in [4.78, 5) is 30.9. The zero-order chi connectivity index (χ0) is 46.4. The second-order valence-corrected chi connectivity index (χ2v) is 21.3. The second kappa shape index (κ2) is 22.1. The quantitative estimate of drug-likeness (QED) is 0.0551. The van der Waals surface area contributed by atoms with Gasteiger partial charge in [0.15, 0.2) is 5.60 Å². The number of aliphatic hydroxyl groups is 3. The van der Waals surface area contributed by atoms with Gasteiger partial charge in [0.05, 0.1) is 30.5 Å². The van der Waals surface area contributed by atoms with Gasteiger partial charge in [0.1, 0.15) is 23.9 Å². The maximum Gasteiger partial charge on any atom is 0.338 e. The van der Waals surface area contributed by atoms with Crippen LogP contribution >= 0.6 is 0 Å². The zero-order valence-electron chi connectivity index (χ0n) is 40.8. The van der Waals surface area contributed by atoms with Gasteiger partial charge in [0, 0.05) is 82.5 Å². The minimum Gasteiger partial charge on any atom is -0.455 e. The van der Waals surface area contributed by atoms with Crippen molar-refractivity contribution >= 4 is 11.9 Å². The Morgan fingerprint density at radius 1 is 0.738 bits per heavy atom. The number of hydrogen-bond donors (Lipinski definition) is 3. The van der Waals surface area contributed by atoms with E-state index in [9.17, 15) is 24.9 Å². The highest BCUT2D eigenvalue weighted by atomic mass is 16.6. The van der Waals surface area contributed by atoms with Gasteiger partial charge in [0.2, 0.25) is 0 Å². The smallest absolute Gasteiger partial charge is 0.338 e. The Kier molecular flexibility index (Phi) is 17.2. The Morgan fingerprint density at radius 3 is 1.83 bits per heavy atom. The minimum atomic E-state index is -1.84. The molecule has 1 aliphatic heterocycles. The molecule has 1 saturated heterocycles. The summed E-state index contributed by atoms with van der Waals surface area (Å²) >= 11 is 0. The highest BCUT2D eigenvalue weighted by Crippen LogP contribution is 2.80. The monoisotopic (exact) mass is 912 g/mol. The summed E-state index contributed by atoms with van der Waals surface area (Å²) in [6.45, 7) is 2.99. The lowest BCUT2D eigenvalue weighted by atomic mass is 9.42. The normalized spacial score (nSPS) is 38.8. The molecule has 6 aliphatic rings. The maximum absolute atomic E-state index is 14.6. The highest BCUT2D eigenvalue weighted by molar-refractivity contribution is 5.89. The molecule has 0 amide bonds. The third-order valence-electron chi connectivity index (χ3n) is 17.8. The molecule has 6 fully saturated rings. The van der Waals surface area contributed by atoms with Crippen LogP contribution in [0.3, 0.4) is 0 Å². The van der Waals surface area contributed by atoms with Crippen LogP contribution in [0.15, 0.2) is 30.3 Å². The van der Waals surface area contributed by atoms with E-state index < -0.39 is 88.3 Å². The number of carbonyl (C=O) groups excluding carboxylic acids is 2. The zero-order valence-corrected chi connectivity index (χ0v) is 40.8. The molecule has 3 N–H and O–H groups in total. The Morgan fingerprint density at radius 2 is 1.31 bits per heavy atom. The fraction of sp³-hybridized carbons (Fsp3) is 0.849. The predicted molar refractivity (Wildman–Crippen MR) is 248 cm³/mol. The Balaban J connectivity index is 1.06. The first-order valence-corrected chi connectivity index (χ1v) is 25.8. The molecule has 1 unspecified atom stereocenters. The van der Waals surface area contributed by atoms with Crippen molar-refractivity contribution in [1.29, 1.82) is 0 Å². The van der Waals surface area contributed by atoms with Crippen LogP contribution in [0.2, 0.25) is 0 Å². The van der Waals surface area contributed by atoms with E-state index in [0.717, 1.165) is 19.3 Å². The standard InChI is InChI=1S/C53H85NO11/c1-7-8-9-10-11-12-13-14-15-16-17-18-19-20-21-22-23-24-28-31-40(56)65-53-41-37(33-51(59,48(63-6)46(53)57)47(41)64-49(58)36-29-26-25-27-30-36)52-39(61-4)32-38(55)50(35-60-3)34-54(2)45(52)42(53)43(62-5)44(50)52/h25-27,29-30,37-39,41-48,55,57,59H,7-24,28,31-35H2,1-6H3/t37-,38-,39+,41-,42+,43+,44-,45?,46+,47-,48+,50+,51-,52+,53-/m1/s1. The molecular formula is C53H85NO11. The number of nitrogens with zero attached hydrogens (tertiary/aromatic N) is 1. The van der Waals surface area contributed by atoms with Crippen molar-refractivity contribution in [3.8, 4) is 0 Å². The average molecular weight is 912 g/mol. The molecule has 5 saturated carbocycles. The second-order valence-electron chi connectivity index (χ2n) is 21.3. The third-order valence-corrected chi connectivity index (χ3v) is 17.8. The van der Waals surface area contributed by atoms with Crippen molar-refractivity contribution in [2.24, 2.45) is 34.5 Å². The molecule has 5 aliphatic carbocycles. The summed E-state index contributed by atoms with van der Waals surface area (Å²) in [7, 11) is 8.42. The molecule has 0 aromatic heterocycles. The number of rotatable bonds is 28. The van der Waals surface area contributed by atoms with Crippen molar-refractivity contribution in [2.75, 3.05) is 48.6 Å². The number of methoxy groups -OCH3 is 4. The molecule has 1 aromatic rings. The average Bonchev–Trinajstić information content (AvgIpc) is 3.69. The number of benzene rings is 1. The summed E-state index contributed by atoms with van der Waals surface area (Å²) in [5, 5.41) is 38.2. The highest BCUT2D eigenvalue weighted by Gasteiger charge is 2.92. The summed E-state index contributed by atoms with van der Waals surface area (Å²) in [6.07, 6.45) is 18.5. The molecule has 15 atom stereocenters. The van der Waals surface area contributed by atoms with Crippen molar-refractivity contribution in [1.82, 2.24) is 4.90 Å². The van der Waals surface area contributed by atoms with Gasteiger partial charge in [-0.3, -0.25) is 4.79 Å². The molecule has 1 spiro atoms. The third kappa shape index (κ3) is 8.89. The molecule has 12 heteroatoms. The van der Waals surface area contributed by atoms with Crippen LogP contribution in [0.4, 0.5) is 0 Å². The van der Waals surface area contributed by atoms with E-state index in [1.807, 2.05) is 13.1 Å². The van der Waals surface area contributed by atoms with Crippen molar-refractivity contribution in [2.45, 2.75) is 202 Å². The van der Waals surface area contributed by atoms with Crippen LogP contribution in [0.1, 0.15) is 159 Å². The van der Waals surface area contributed by atoms with Gasteiger partial charge in [-0.1, -0.05) is 141 Å². The number of ether oxygens (including phenoxy) is 6. The van der Waals surface area contributed by atoms with Gasteiger partial charge in [0.25, 0.3) is 0 Å². The number of hydrogen-bond acceptors (Lipinski definition) is 12. The van der Waals surface area contributed by atoms with Gasteiger partial charge in [-0.2, -0.15) is 0 Å². The van der Waals surface area contributed by atoms with E-state index in [2.05, 4.69) is 11.8 Å². The molecule has 1 heterocycles. The van der Waals surface area contributed by atoms with E-state index in [1.54, 1.807) is 45.6 Å². The molecule has 368 valence electrons. The van der Waals surface area contributed by atoms with E-state index in [0.29, 0.717) is 24.9 Å². The molecule has 65 heavy (non-hydrogen) atoms. The van der Waals surface area contributed by atoms with Crippen LogP contribution in [-0.4, -0.2) is 135 Å². The Labute approximate surface area is 390 Å². The van der Waals surface area contributed by atoms with Crippen molar-refractivity contribution in [3.05, 3.63) is 35.9 Å². The first-order valence-electron chi connectivity index (χ1n) is 25.8. The van der Waals surface area contributed by atoms with Gasteiger partial charge < -0.3 is 48.6 Å². The largest absolute Gasteiger partial charge is 0.455 e. The fourth-order valence-electron chi connectivity index (χ4n) is 15.5. The van der Waals surface area contributed by atoms with Crippen LogP contribution in [0.25, 0.3) is 0 Å². The lowest BCUT2D eigenvalue weighted by molar-refractivity contribution is -0.321. The van der Waals surface area contributed by atoms with Gasteiger partial charge in [-0.15, -0.1) is 0 Å². The fourth-order valence-corrected chi connectivity index (χ4v) is 15.5. The molecule has 7 rings (SSSR count). The lowest BCUT2D eigenvalue weighted by Crippen LogP contribution is -2.81. The van der Waals surface area contributed by atoms with E-state index in [-0.39, 0.29) is 31.4 Å². The SMILES string of the molecule is CCCCCCCCCCCCCCCCCCCCCC(=O)O[C@]12[C@H]3[C@@H](OC(=O)c4ccccc4)[C@](O)(C[C@H]3[C@@]34C5[C@@H]1[C@H](OC)[C@@H]3[C@](COC)(CN5C)[C@H](O)C[C@@H]4OC)[C@@H](OC)[C@@H]2O. The first-order chi connectivity index (χ1) is 31.5. The number of aliphatic hydroxyl groups excluding tert-OH is 2. The predicted octanol–water partition coefficient (Wildman–Crippen LogP) is 8.06. The topological polar surface area (TPSA) is 153 Å². The summed E-state index contributed by atoms with van der Waals surface area (Å²) in [5.74, 6) is -3.48. The number of likely N-dealkylation sites (tertiary alicyclic amines) is 1. The number of piperidine rings is 1. The number of esters is 2. The van der Waals surface area contributed by atoms with Crippen LogP contribution < -0.4 is 0 Å². The van der Waals surface area contributed by atoms with Crippen molar-refractivity contribution < 1.29 is 53.3 Å². The molecule has 1 aromatic carbocycles. The Bertz CT molecular complexity index is 1680. The van der Waals surface area contributed by atoms with Gasteiger partial charge >= 0.3 is 11.9 Å². The summed E-state index contributed by atoms with van der Waals surface area (Å²) < 4.78 is 38.6. The van der Waals surface area contributed by atoms with Crippen molar-refractivity contribution in [3.63, 3.8) is 0 Å². The first kappa shape index (κ1) is 50.7. The number of fused-ring (bicyclic) bond motifs is 2. The van der Waals surface area contributed by atoms with Gasteiger partial charge in [-0.25, -0.2) is 4.79 Å². The van der Waals surface area contributed by atoms with E-state index in [1.165, 1.54) is 103 Å². The molecule has 0 radical (unpaired) electrons. The minimum absolute atomic E-state index is 0.0849. The maximum atomic E-state index is 14.6. The summed E-state index contributed by atoms with van der Waals surface area (Å²) in [6, 6.07) is 8.31. The van der Waals surface area contributed by atoms with E-state index >= 15 is 0 Å². The number of carbonyl (C=O) groups is 2.